The first-order chi connectivity index (χ1) is 8.29. The van der Waals surface area contributed by atoms with Gasteiger partial charge in [-0.3, -0.25) is 9.78 Å². The number of carbonyl (C=O) groups excluding carboxylic acids is 1. The zero-order valence-corrected chi connectivity index (χ0v) is 9.90. The fraction of sp³-hybridized carbons (Fsp3) is 0.500. The number of nitrogens with zero attached hydrogens (tertiary/aromatic N) is 1. The first-order valence-electron chi connectivity index (χ1n) is 5.79. The van der Waals surface area contributed by atoms with Gasteiger partial charge in [-0.1, -0.05) is 0 Å². The highest BCUT2D eigenvalue weighted by atomic mass is 16.5. The maximum Gasteiger partial charge on any atom is 0.270 e. The highest BCUT2D eigenvalue weighted by Gasteiger charge is 2.21. The molecule has 17 heavy (non-hydrogen) atoms. The number of ether oxygens (including phenoxy) is 1. The molecule has 5 heteroatoms. The molecule has 92 valence electrons. The molecule has 0 saturated heterocycles. The highest BCUT2D eigenvalue weighted by Crippen LogP contribution is 2.24. The molecule has 1 aliphatic rings. The van der Waals surface area contributed by atoms with Crippen LogP contribution < -0.4 is 10.6 Å². The molecule has 0 atom stereocenters. The number of aromatic nitrogens is 1. The lowest BCUT2D eigenvalue weighted by atomic mass is 10.3. The zero-order valence-electron chi connectivity index (χ0n) is 9.90. The van der Waals surface area contributed by atoms with Crippen LogP contribution in [0.15, 0.2) is 18.3 Å². The minimum absolute atomic E-state index is 0.165. The number of anilines is 1. The summed E-state index contributed by atoms with van der Waals surface area (Å²) in [6.45, 7) is 1.00. The van der Waals surface area contributed by atoms with Crippen molar-refractivity contribution in [2.45, 2.75) is 18.9 Å². The molecule has 1 saturated carbocycles. The molecule has 0 aromatic carbocycles. The van der Waals surface area contributed by atoms with Crippen LogP contribution >= 0.6 is 0 Å². The number of carbonyl (C=O) groups is 1. The third-order valence-electron chi connectivity index (χ3n) is 2.53. The van der Waals surface area contributed by atoms with E-state index in [9.17, 15) is 4.79 Å². The van der Waals surface area contributed by atoms with Gasteiger partial charge in [0.2, 0.25) is 0 Å². The maximum absolute atomic E-state index is 11.7. The van der Waals surface area contributed by atoms with Crippen molar-refractivity contribution in [3.05, 3.63) is 24.0 Å². The van der Waals surface area contributed by atoms with Crippen LogP contribution in [0, 0.1) is 0 Å². The predicted octanol–water partition coefficient (Wildman–Crippen LogP) is 1.03. The molecule has 2 rings (SSSR count). The van der Waals surface area contributed by atoms with Crippen molar-refractivity contribution in [1.82, 2.24) is 10.3 Å². The maximum atomic E-state index is 11.7. The van der Waals surface area contributed by atoms with Crippen LogP contribution in [0.5, 0.6) is 0 Å². The molecule has 1 aromatic heterocycles. The van der Waals surface area contributed by atoms with E-state index in [1.54, 1.807) is 19.4 Å². The molecule has 5 nitrogen and oxygen atoms in total. The van der Waals surface area contributed by atoms with E-state index in [2.05, 4.69) is 15.6 Å². The van der Waals surface area contributed by atoms with Gasteiger partial charge < -0.3 is 15.4 Å². The first kappa shape index (κ1) is 11.9. The molecule has 0 aliphatic heterocycles. The number of methoxy groups -OCH3 is 1. The molecule has 0 unspecified atom stereocenters. The van der Waals surface area contributed by atoms with Gasteiger partial charge in [0.1, 0.15) is 5.69 Å². The number of amides is 1. The molecule has 2 N–H and O–H groups in total. The minimum atomic E-state index is -0.165. The van der Waals surface area contributed by atoms with Gasteiger partial charge in [0.05, 0.1) is 6.61 Å². The Balaban J connectivity index is 1.91. The Bertz CT molecular complexity index is 391. The van der Waals surface area contributed by atoms with Gasteiger partial charge in [0, 0.05) is 31.6 Å². The van der Waals surface area contributed by atoms with Gasteiger partial charge in [-0.2, -0.15) is 0 Å². The van der Waals surface area contributed by atoms with Crippen molar-refractivity contribution in [3.63, 3.8) is 0 Å². The number of hydrogen-bond acceptors (Lipinski definition) is 4. The van der Waals surface area contributed by atoms with Crippen molar-refractivity contribution in [3.8, 4) is 0 Å². The van der Waals surface area contributed by atoms with E-state index in [1.165, 1.54) is 12.8 Å². The fourth-order valence-electron chi connectivity index (χ4n) is 1.47. The molecular formula is C12H17N3O2. The Morgan fingerprint density at radius 1 is 1.59 bits per heavy atom. The summed E-state index contributed by atoms with van der Waals surface area (Å²) in [7, 11) is 1.60. The minimum Gasteiger partial charge on any atom is -0.383 e. The third kappa shape index (κ3) is 3.71. The van der Waals surface area contributed by atoms with E-state index in [-0.39, 0.29) is 5.91 Å². The number of nitrogens with one attached hydrogen (secondary N) is 2. The standard InChI is InChI=1S/C12H17N3O2/c1-17-7-6-14-12(16)11-8-10(4-5-13-11)15-9-2-3-9/h4-5,8-9H,2-3,6-7H2,1H3,(H,13,15)(H,14,16). The molecule has 0 spiro atoms. The van der Waals surface area contributed by atoms with Crippen molar-refractivity contribution >= 4 is 11.6 Å². The van der Waals surface area contributed by atoms with Gasteiger partial charge in [0.25, 0.3) is 5.91 Å². The summed E-state index contributed by atoms with van der Waals surface area (Å²) in [5.41, 5.74) is 1.39. The van der Waals surface area contributed by atoms with E-state index < -0.39 is 0 Å². The predicted molar refractivity (Wildman–Crippen MR) is 65.1 cm³/mol. The summed E-state index contributed by atoms with van der Waals surface area (Å²) >= 11 is 0. The van der Waals surface area contributed by atoms with E-state index in [0.29, 0.717) is 24.9 Å². The molecular weight excluding hydrogens is 218 g/mol. The van der Waals surface area contributed by atoms with E-state index in [4.69, 9.17) is 4.74 Å². The van der Waals surface area contributed by atoms with Crippen molar-refractivity contribution < 1.29 is 9.53 Å². The average molecular weight is 235 g/mol. The quantitative estimate of drug-likeness (QED) is 0.723. The van der Waals surface area contributed by atoms with Crippen molar-refractivity contribution in [1.29, 1.82) is 0 Å². The van der Waals surface area contributed by atoms with E-state index in [0.717, 1.165) is 5.69 Å². The second-order valence-corrected chi connectivity index (χ2v) is 4.10. The molecule has 0 radical (unpaired) electrons. The summed E-state index contributed by atoms with van der Waals surface area (Å²) in [5.74, 6) is -0.165. The summed E-state index contributed by atoms with van der Waals surface area (Å²) in [5, 5.41) is 6.08. The Morgan fingerprint density at radius 3 is 3.12 bits per heavy atom. The van der Waals surface area contributed by atoms with Crippen LogP contribution in [0.3, 0.4) is 0 Å². The van der Waals surface area contributed by atoms with E-state index >= 15 is 0 Å². The van der Waals surface area contributed by atoms with Crippen LogP contribution in [-0.4, -0.2) is 37.2 Å². The fourth-order valence-corrected chi connectivity index (χ4v) is 1.47. The van der Waals surface area contributed by atoms with Gasteiger partial charge in [-0.25, -0.2) is 0 Å². The topological polar surface area (TPSA) is 63.2 Å². The van der Waals surface area contributed by atoms with E-state index in [1.807, 2.05) is 6.07 Å². The molecule has 1 fully saturated rings. The second kappa shape index (κ2) is 5.63. The monoisotopic (exact) mass is 235 g/mol. The van der Waals surface area contributed by atoms with Gasteiger partial charge >= 0.3 is 0 Å². The van der Waals surface area contributed by atoms with Crippen molar-refractivity contribution in [2.75, 3.05) is 25.6 Å². The first-order valence-corrected chi connectivity index (χ1v) is 5.79. The Kier molecular flexibility index (Phi) is 3.93. The lowest BCUT2D eigenvalue weighted by Gasteiger charge is -2.07. The normalized spacial score (nSPS) is 14.4. The largest absolute Gasteiger partial charge is 0.383 e. The van der Waals surface area contributed by atoms with Crippen molar-refractivity contribution in [2.24, 2.45) is 0 Å². The Morgan fingerprint density at radius 2 is 2.41 bits per heavy atom. The lowest BCUT2D eigenvalue weighted by molar-refractivity contribution is 0.0932. The summed E-state index contributed by atoms with van der Waals surface area (Å²) < 4.78 is 4.87. The molecule has 1 amide bonds. The SMILES string of the molecule is COCCNC(=O)c1cc(NC2CC2)ccn1. The highest BCUT2D eigenvalue weighted by molar-refractivity contribution is 5.93. The number of hydrogen-bond donors (Lipinski definition) is 2. The summed E-state index contributed by atoms with van der Waals surface area (Å²) in [6.07, 6.45) is 4.06. The number of rotatable bonds is 6. The van der Waals surface area contributed by atoms with Crippen LogP contribution in [0.1, 0.15) is 23.3 Å². The van der Waals surface area contributed by atoms with Crippen LogP contribution in [0.4, 0.5) is 5.69 Å². The van der Waals surface area contributed by atoms with Gasteiger partial charge in [-0.15, -0.1) is 0 Å². The van der Waals surface area contributed by atoms with Gasteiger partial charge in [-0.05, 0) is 25.0 Å². The molecule has 1 heterocycles. The van der Waals surface area contributed by atoms with Gasteiger partial charge in [0.15, 0.2) is 0 Å². The summed E-state index contributed by atoms with van der Waals surface area (Å²) in [6, 6.07) is 4.23. The molecule has 1 aliphatic carbocycles. The number of pyridine rings is 1. The van der Waals surface area contributed by atoms with Crippen LogP contribution in [0.2, 0.25) is 0 Å². The van der Waals surface area contributed by atoms with Crippen LogP contribution in [0.25, 0.3) is 0 Å². The second-order valence-electron chi connectivity index (χ2n) is 4.10. The molecule has 1 aromatic rings. The molecule has 0 bridgehead atoms. The smallest absolute Gasteiger partial charge is 0.270 e. The zero-order chi connectivity index (χ0) is 12.1. The summed E-state index contributed by atoms with van der Waals surface area (Å²) in [4.78, 5) is 15.8. The Labute approximate surface area is 101 Å². The average Bonchev–Trinajstić information content (AvgIpc) is 3.13. The lowest BCUT2D eigenvalue weighted by Crippen LogP contribution is -2.27. The Hall–Kier alpha value is -1.62. The van der Waals surface area contributed by atoms with Crippen LogP contribution in [-0.2, 0) is 4.74 Å². The third-order valence-corrected chi connectivity index (χ3v) is 2.53.